The Labute approximate surface area is 191 Å². The first kappa shape index (κ1) is 27.7. The second kappa shape index (κ2) is 13.9. The summed E-state index contributed by atoms with van der Waals surface area (Å²) in [5.74, 6) is 0.183. The molecule has 0 radical (unpaired) electrons. The normalized spacial score (nSPS) is 16.5. The molecule has 1 aliphatic carbocycles. The van der Waals surface area contributed by atoms with E-state index in [0.717, 1.165) is 56.9 Å². The smallest absolute Gasteiger partial charge is 0.191 e. The van der Waals surface area contributed by atoms with Crippen LogP contribution in [-0.2, 0) is 9.22 Å². The van der Waals surface area contributed by atoms with E-state index < -0.39 is 8.32 Å². The Morgan fingerprint density at radius 3 is 2.58 bits per heavy atom. The Kier molecular flexibility index (Phi) is 12.4. The van der Waals surface area contributed by atoms with E-state index in [4.69, 9.17) is 9.96 Å². The number of hydrogen-bond donors (Lipinski definition) is 0. The number of hydrogen-bond acceptors (Lipinski definition) is 3. The van der Waals surface area contributed by atoms with Gasteiger partial charge in [-0.3, -0.25) is 4.79 Å². The van der Waals surface area contributed by atoms with Crippen LogP contribution in [0, 0.1) is 0 Å². The van der Waals surface area contributed by atoms with E-state index in [1.54, 1.807) is 6.08 Å². The maximum absolute atomic E-state index is 12.8. The Bertz CT molecular complexity index is 671. The molecule has 0 unspecified atom stereocenters. The summed E-state index contributed by atoms with van der Waals surface area (Å²) in [5.41, 5.74) is 11.3. The molecule has 0 saturated heterocycles. The van der Waals surface area contributed by atoms with Crippen LogP contribution in [0.2, 0.25) is 18.1 Å². The number of unbranched alkanes of at least 4 members (excludes halogenated alkanes) is 4. The first-order valence-electron chi connectivity index (χ1n) is 12.2. The summed E-state index contributed by atoms with van der Waals surface area (Å²) in [4.78, 5) is 15.8. The molecule has 1 aliphatic rings. The van der Waals surface area contributed by atoms with Crippen LogP contribution in [-0.4, -0.2) is 26.7 Å². The van der Waals surface area contributed by atoms with Crippen LogP contribution in [0.25, 0.3) is 10.4 Å². The van der Waals surface area contributed by atoms with Gasteiger partial charge in [0.15, 0.2) is 14.1 Å². The van der Waals surface area contributed by atoms with Gasteiger partial charge in [0, 0.05) is 11.5 Å². The van der Waals surface area contributed by atoms with Crippen molar-refractivity contribution in [2.45, 2.75) is 122 Å². The highest BCUT2D eigenvalue weighted by molar-refractivity contribution is 6.74. The Morgan fingerprint density at radius 1 is 1.23 bits per heavy atom. The van der Waals surface area contributed by atoms with Crippen LogP contribution >= 0.6 is 0 Å². The van der Waals surface area contributed by atoms with Gasteiger partial charge in [0.2, 0.25) is 0 Å². The molecule has 0 aromatic carbocycles. The largest absolute Gasteiger partial charge is 0.416 e. The van der Waals surface area contributed by atoms with Gasteiger partial charge >= 0.3 is 0 Å². The standard InChI is InChI=1S/C25H45N3O2Si/c1-7-8-9-10-11-12-17-24(29)23-16-14-13-15-21(23)18-19-22(27-28-26)20-30-31(5,6)25(2,3)4/h12,17,22H,7-11,13-16,18-20H2,1-6H3/b17-12+/t22-/m1/s1. The molecule has 0 saturated carbocycles. The summed E-state index contributed by atoms with van der Waals surface area (Å²) in [7, 11) is -1.88. The molecule has 6 heteroatoms. The molecule has 0 heterocycles. The van der Waals surface area contributed by atoms with E-state index in [1.165, 1.54) is 24.8 Å². The highest BCUT2D eigenvalue weighted by Crippen LogP contribution is 2.37. The monoisotopic (exact) mass is 447 g/mol. The molecule has 1 atom stereocenters. The fourth-order valence-electron chi connectivity index (χ4n) is 3.63. The summed E-state index contributed by atoms with van der Waals surface area (Å²) in [5, 5.41) is 4.13. The average molecular weight is 448 g/mol. The summed E-state index contributed by atoms with van der Waals surface area (Å²) in [6, 6.07) is -0.181. The number of nitrogens with zero attached hydrogens (tertiary/aromatic N) is 3. The van der Waals surface area contributed by atoms with Gasteiger partial charge in [-0.1, -0.05) is 63.7 Å². The van der Waals surface area contributed by atoms with Gasteiger partial charge in [-0.05, 0) is 86.7 Å². The molecule has 0 bridgehead atoms. The quantitative estimate of drug-likeness (QED) is 0.0669. The Balaban J connectivity index is 2.71. The highest BCUT2D eigenvalue weighted by Gasteiger charge is 2.37. The van der Waals surface area contributed by atoms with Crippen LogP contribution in [0.15, 0.2) is 28.4 Å². The molecule has 0 amide bonds. The van der Waals surface area contributed by atoms with Crippen molar-refractivity contribution in [1.82, 2.24) is 0 Å². The van der Waals surface area contributed by atoms with Crippen molar-refractivity contribution >= 4 is 14.1 Å². The molecular weight excluding hydrogens is 402 g/mol. The second-order valence-corrected chi connectivity index (χ2v) is 15.2. The van der Waals surface area contributed by atoms with Gasteiger partial charge in [-0.15, -0.1) is 0 Å². The van der Waals surface area contributed by atoms with Crippen LogP contribution in [0.1, 0.15) is 98.3 Å². The maximum Gasteiger partial charge on any atom is 0.191 e. The van der Waals surface area contributed by atoms with Gasteiger partial charge in [0.05, 0.1) is 6.04 Å². The fraction of sp³-hybridized carbons (Fsp3) is 0.800. The molecule has 0 aromatic rings. The molecular formula is C25H45N3O2Si. The zero-order chi connectivity index (χ0) is 23.3. The van der Waals surface area contributed by atoms with Gasteiger partial charge in [-0.25, -0.2) is 0 Å². The van der Waals surface area contributed by atoms with E-state index in [1.807, 2.05) is 6.08 Å². The minimum absolute atomic E-state index is 0.127. The Hall–Kier alpha value is -1.36. The maximum atomic E-state index is 12.8. The van der Waals surface area contributed by atoms with Gasteiger partial charge in [0.25, 0.3) is 0 Å². The summed E-state index contributed by atoms with van der Waals surface area (Å²) < 4.78 is 6.30. The van der Waals surface area contributed by atoms with Crippen LogP contribution in [0.5, 0.6) is 0 Å². The van der Waals surface area contributed by atoms with Gasteiger partial charge < -0.3 is 4.43 Å². The summed E-state index contributed by atoms with van der Waals surface area (Å²) in [6.07, 6.45) is 15.4. The zero-order valence-corrected chi connectivity index (χ0v) is 21.9. The Morgan fingerprint density at radius 2 is 1.94 bits per heavy atom. The molecule has 31 heavy (non-hydrogen) atoms. The first-order valence-corrected chi connectivity index (χ1v) is 15.1. The molecule has 0 spiro atoms. The lowest BCUT2D eigenvalue weighted by Crippen LogP contribution is -2.42. The van der Waals surface area contributed by atoms with Crippen LogP contribution in [0.4, 0.5) is 0 Å². The first-order chi connectivity index (χ1) is 14.6. The van der Waals surface area contributed by atoms with Crippen LogP contribution in [0.3, 0.4) is 0 Å². The minimum atomic E-state index is -1.88. The number of carbonyl (C=O) groups is 1. The molecule has 0 aromatic heterocycles. The summed E-state index contributed by atoms with van der Waals surface area (Å²) in [6.45, 7) is 13.7. The van der Waals surface area contributed by atoms with Gasteiger partial charge in [-0.2, -0.15) is 0 Å². The van der Waals surface area contributed by atoms with Crippen molar-refractivity contribution in [1.29, 1.82) is 0 Å². The fourth-order valence-corrected chi connectivity index (χ4v) is 4.67. The van der Waals surface area contributed by atoms with Gasteiger partial charge in [0.1, 0.15) is 0 Å². The van der Waals surface area contributed by atoms with Crippen molar-refractivity contribution < 1.29 is 9.22 Å². The lowest BCUT2D eigenvalue weighted by molar-refractivity contribution is -0.111. The van der Waals surface area contributed by atoms with E-state index >= 15 is 0 Å². The number of carbonyl (C=O) groups excluding carboxylic acids is 1. The molecule has 1 rings (SSSR count). The molecule has 0 N–H and O–H groups in total. The van der Waals surface area contributed by atoms with E-state index in [-0.39, 0.29) is 16.9 Å². The van der Waals surface area contributed by atoms with Crippen molar-refractivity contribution in [3.8, 4) is 0 Å². The molecule has 0 aliphatic heterocycles. The van der Waals surface area contributed by atoms with E-state index in [9.17, 15) is 4.79 Å². The zero-order valence-electron chi connectivity index (χ0n) is 20.9. The lowest BCUT2D eigenvalue weighted by atomic mass is 9.86. The van der Waals surface area contributed by atoms with Crippen molar-refractivity contribution in [2.75, 3.05) is 6.61 Å². The predicted molar refractivity (Wildman–Crippen MR) is 134 cm³/mol. The predicted octanol–water partition coefficient (Wildman–Crippen LogP) is 8.43. The van der Waals surface area contributed by atoms with Crippen molar-refractivity contribution in [3.63, 3.8) is 0 Å². The SMILES string of the molecule is CCCCCC/C=C/C(=O)C1=C(CC[C@H](CO[Si](C)(C)C(C)(C)C)N=[N+]=[N-])CCCC1. The highest BCUT2D eigenvalue weighted by atomic mass is 28.4. The van der Waals surface area contributed by atoms with Crippen LogP contribution < -0.4 is 0 Å². The number of allylic oxidation sites excluding steroid dienone is 4. The average Bonchev–Trinajstić information content (AvgIpc) is 2.72. The third-order valence-corrected chi connectivity index (χ3v) is 11.3. The number of ketones is 1. The van der Waals surface area contributed by atoms with Crippen molar-refractivity contribution in [2.24, 2.45) is 5.11 Å². The number of rotatable bonds is 14. The minimum Gasteiger partial charge on any atom is -0.416 e. The van der Waals surface area contributed by atoms with Crippen molar-refractivity contribution in [3.05, 3.63) is 33.7 Å². The second-order valence-electron chi connectivity index (χ2n) is 10.4. The molecule has 0 fully saturated rings. The lowest BCUT2D eigenvalue weighted by Gasteiger charge is -2.37. The third kappa shape index (κ3) is 10.2. The molecule has 176 valence electrons. The van der Waals surface area contributed by atoms with E-state index in [2.05, 4.69) is 50.8 Å². The summed E-state index contributed by atoms with van der Waals surface area (Å²) >= 11 is 0. The third-order valence-electron chi connectivity index (χ3n) is 6.81. The molecule has 5 nitrogen and oxygen atoms in total. The number of azide groups is 1. The topological polar surface area (TPSA) is 75.1 Å². The van der Waals surface area contributed by atoms with E-state index in [0.29, 0.717) is 6.61 Å².